The third kappa shape index (κ3) is 1.17. The third-order valence-corrected chi connectivity index (χ3v) is 3.19. The largest absolute Gasteiger partial charge is 0.387 e. The molecule has 1 heterocycles. The van der Waals surface area contributed by atoms with Crippen LogP contribution in [0.2, 0.25) is 0 Å². The highest BCUT2D eigenvalue weighted by atomic mass is 16.3. The zero-order valence-electron chi connectivity index (χ0n) is 7.35. The Morgan fingerprint density at radius 1 is 1.64 bits per heavy atom. The fourth-order valence-electron chi connectivity index (χ4n) is 1.45. The van der Waals surface area contributed by atoms with Gasteiger partial charge in [-0.25, -0.2) is 0 Å². The van der Waals surface area contributed by atoms with E-state index in [1.165, 1.54) is 0 Å². The highest BCUT2D eigenvalue weighted by molar-refractivity contribution is 5.05. The van der Waals surface area contributed by atoms with Crippen molar-refractivity contribution in [2.45, 2.75) is 25.9 Å². The van der Waals surface area contributed by atoms with Gasteiger partial charge in [0.1, 0.15) is 0 Å². The van der Waals surface area contributed by atoms with Crippen LogP contribution in [0, 0.1) is 5.41 Å². The average Bonchev–Trinajstić information content (AvgIpc) is 1.98. The molecule has 66 valence electrons. The second kappa shape index (κ2) is 2.73. The Kier molecular flexibility index (Phi) is 2.23. The lowest BCUT2D eigenvalue weighted by Crippen LogP contribution is -2.69. The standard InChI is InChI=1S/C8H18N2O/c1-3-7(2,4-9)8(11)5-10-6-8/h10-11H,3-6,9H2,1-2H3. The predicted octanol–water partition coefficient (Wildman–Crippen LogP) is -0.304. The lowest BCUT2D eigenvalue weighted by atomic mass is 9.68. The van der Waals surface area contributed by atoms with Crippen LogP contribution >= 0.6 is 0 Å². The van der Waals surface area contributed by atoms with Crippen molar-refractivity contribution in [2.75, 3.05) is 19.6 Å². The van der Waals surface area contributed by atoms with E-state index >= 15 is 0 Å². The number of nitrogens with one attached hydrogen (secondary N) is 1. The van der Waals surface area contributed by atoms with Gasteiger partial charge < -0.3 is 16.2 Å². The summed E-state index contributed by atoms with van der Waals surface area (Å²) in [5, 5.41) is 13.1. The van der Waals surface area contributed by atoms with Gasteiger partial charge in [-0.15, -0.1) is 0 Å². The molecule has 4 N–H and O–H groups in total. The fourth-order valence-corrected chi connectivity index (χ4v) is 1.45. The molecule has 1 atom stereocenters. The summed E-state index contributed by atoms with van der Waals surface area (Å²) >= 11 is 0. The van der Waals surface area contributed by atoms with E-state index in [-0.39, 0.29) is 5.41 Å². The Balaban J connectivity index is 2.67. The first-order valence-corrected chi connectivity index (χ1v) is 4.21. The molecule has 0 aromatic rings. The molecule has 0 saturated carbocycles. The van der Waals surface area contributed by atoms with E-state index in [4.69, 9.17) is 5.73 Å². The Bertz CT molecular complexity index is 139. The average molecular weight is 158 g/mol. The molecule has 0 spiro atoms. The van der Waals surface area contributed by atoms with E-state index < -0.39 is 5.60 Å². The van der Waals surface area contributed by atoms with Gasteiger partial charge >= 0.3 is 0 Å². The van der Waals surface area contributed by atoms with Crippen LogP contribution in [0.5, 0.6) is 0 Å². The second-order valence-electron chi connectivity index (χ2n) is 3.75. The Hall–Kier alpha value is -0.120. The van der Waals surface area contributed by atoms with Crippen molar-refractivity contribution in [3.05, 3.63) is 0 Å². The van der Waals surface area contributed by atoms with Gasteiger partial charge in [-0.2, -0.15) is 0 Å². The molecule has 0 bridgehead atoms. The molecule has 0 aromatic carbocycles. The lowest BCUT2D eigenvalue weighted by molar-refractivity contribution is -0.110. The maximum atomic E-state index is 9.99. The molecule has 3 nitrogen and oxygen atoms in total. The number of nitrogens with two attached hydrogens (primary N) is 1. The SMILES string of the molecule is CCC(C)(CN)C1(O)CNC1. The lowest BCUT2D eigenvalue weighted by Gasteiger charge is -2.50. The molecule has 1 aliphatic heterocycles. The van der Waals surface area contributed by atoms with Crippen LogP contribution in [0.1, 0.15) is 20.3 Å². The number of rotatable bonds is 3. The van der Waals surface area contributed by atoms with Crippen molar-refractivity contribution in [3.8, 4) is 0 Å². The van der Waals surface area contributed by atoms with Gasteiger partial charge in [0.15, 0.2) is 0 Å². The highest BCUT2D eigenvalue weighted by Gasteiger charge is 2.48. The molecule has 0 amide bonds. The summed E-state index contributed by atoms with van der Waals surface area (Å²) in [6, 6.07) is 0. The molecule has 11 heavy (non-hydrogen) atoms. The summed E-state index contributed by atoms with van der Waals surface area (Å²) in [5.41, 5.74) is 4.95. The summed E-state index contributed by atoms with van der Waals surface area (Å²) in [7, 11) is 0. The first-order chi connectivity index (χ1) is 5.08. The van der Waals surface area contributed by atoms with Crippen LogP contribution in [0.4, 0.5) is 0 Å². The van der Waals surface area contributed by atoms with Crippen molar-refractivity contribution in [1.29, 1.82) is 0 Å². The van der Waals surface area contributed by atoms with Gasteiger partial charge in [0.05, 0.1) is 5.60 Å². The third-order valence-electron chi connectivity index (χ3n) is 3.19. The molecular weight excluding hydrogens is 140 g/mol. The van der Waals surface area contributed by atoms with Crippen LogP contribution < -0.4 is 11.1 Å². The van der Waals surface area contributed by atoms with Crippen LogP contribution in [-0.4, -0.2) is 30.3 Å². The molecular formula is C8H18N2O. The van der Waals surface area contributed by atoms with Crippen molar-refractivity contribution >= 4 is 0 Å². The topological polar surface area (TPSA) is 58.3 Å². The molecule has 1 saturated heterocycles. The smallest absolute Gasteiger partial charge is 0.0960 e. The van der Waals surface area contributed by atoms with Crippen LogP contribution in [0.3, 0.4) is 0 Å². The molecule has 0 radical (unpaired) electrons. The summed E-state index contributed by atoms with van der Waals surface area (Å²) < 4.78 is 0. The minimum Gasteiger partial charge on any atom is -0.387 e. The Labute approximate surface area is 68.0 Å². The van der Waals surface area contributed by atoms with Gasteiger partial charge in [-0.05, 0) is 6.42 Å². The van der Waals surface area contributed by atoms with E-state index in [0.29, 0.717) is 19.6 Å². The summed E-state index contributed by atoms with van der Waals surface area (Å²) in [4.78, 5) is 0. The minimum atomic E-state index is -0.559. The highest BCUT2D eigenvalue weighted by Crippen LogP contribution is 2.36. The molecule has 1 fully saturated rings. The van der Waals surface area contributed by atoms with Crippen molar-refractivity contribution in [3.63, 3.8) is 0 Å². The summed E-state index contributed by atoms with van der Waals surface area (Å²) in [6.07, 6.45) is 0.932. The molecule has 0 aromatic heterocycles. The Morgan fingerprint density at radius 3 is 2.27 bits per heavy atom. The number of β-amino-alcohol motifs (C(OH)–C–C–N with tert-alkyl or cyclic N) is 1. The van der Waals surface area contributed by atoms with Crippen LogP contribution in [0.25, 0.3) is 0 Å². The first-order valence-electron chi connectivity index (χ1n) is 4.21. The van der Waals surface area contributed by atoms with E-state index in [1.54, 1.807) is 0 Å². The van der Waals surface area contributed by atoms with E-state index in [2.05, 4.69) is 12.2 Å². The molecule has 1 aliphatic rings. The summed E-state index contributed by atoms with van der Waals surface area (Å²) in [6.45, 7) is 6.06. The molecule has 3 heteroatoms. The molecule has 0 aliphatic carbocycles. The normalized spacial score (nSPS) is 27.3. The zero-order chi connectivity index (χ0) is 8.54. The van der Waals surface area contributed by atoms with Gasteiger partial charge in [0.2, 0.25) is 0 Å². The van der Waals surface area contributed by atoms with E-state index in [1.807, 2.05) is 6.92 Å². The predicted molar refractivity (Wildman–Crippen MR) is 45.3 cm³/mol. The minimum absolute atomic E-state index is 0.113. The maximum absolute atomic E-state index is 9.99. The van der Waals surface area contributed by atoms with Crippen LogP contribution in [0.15, 0.2) is 0 Å². The fraction of sp³-hybridized carbons (Fsp3) is 1.00. The Morgan fingerprint density at radius 2 is 2.18 bits per heavy atom. The number of hydrogen-bond acceptors (Lipinski definition) is 3. The second-order valence-corrected chi connectivity index (χ2v) is 3.75. The van der Waals surface area contributed by atoms with Gasteiger partial charge in [0.25, 0.3) is 0 Å². The van der Waals surface area contributed by atoms with Crippen molar-refractivity contribution in [1.82, 2.24) is 5.32 Å². The zero-order valence-corrected chi connectivity index (χ0v) is 7.35. The quantitative estimate of drug-likeness (QED) is 0.528. The maximum Gasteiger partial charge on any atom is 0.0960 e. The monoisotopic (exact) mass is 158 g/mol. The van der Waals surface area contributed by atoms with Crippen molar-refractivity contribution in [2.24, 2.45) is 11.1 Å². The van der Waals surface area contributed by atoms with Gasteiger partial charge in [-0.3, -0.25) is 0 Å². The van der Waals surface area contributed by atoms with E-state index in [0.717, 1.165) is 6.42 Å². The number of aliphatic hydroxyl groups is 1. The molecule has 1 unspecified atom stereocenters. The molecule has 1 rings (SSSR count). The first kappa shape index (κ1) is 8.97. The summed E-state index contributed by atoms with van der Waals surface area (Å²) in [5.74, 6) is 0. The van der Waals surface area contributed by atoms with Gasteiger partial charge in [0, 0.05) is 25.0 Å². The number of hydrogen-bond donors (Lipinski definition) is 3. The van der Waals surface area contributed by atoms with Crippen LogP contribution in [-0.2, 0) is 0 Å². The van der Waals surface area contributed by atoms with Crippen molar-refractivity contribution < 1.29 is 5.11 Å². The van der Waals surface area contributed by atoms with E-state index in [9.17, 15) is 5.11 Å². The van der Waals surface area contributed by atoms with Gasteiger partial charge in [-0.1, -0.05) is 13.8 Å².